The molecule has 4 nitrogen and oxygen atoms in total. The maximum absolute atomic E-state index is 13.9. The zero-order chi connectivity index (χ0) is 19.5. The Hall–Kier alpha value is -2.10. The van der Waals surface area contributed by atoms with Gasteiger partial charge in [-0.3, -0.25) is 4.79 Å². The molecule has 5 atom stereocenters. The molecule has 1 aromatic rings. The molecule has 0 N–H and O–H groups in total. The summed E-state index contributed by atoms with van der Waals surface area (Å²) < 4.78 is 0. The molecule has 0 saturated heterocycles. The highest BCUT2D eigenvalue weighted by atomic mass is 16.4. The van der Waals surface area contributed by atoms with E-state index in [9.17, 15) is 14.7 Å². The lowest BCUT2D eigenvalue weighted by Crippen LogP contribution is -2.54. The Balaban J connectivity index is 1.55. The van der Waals surface area contributed by atoms with E-state index in [0.717, 1.165) is 38.5 Å². The molecule has 3 aliphatic carbocycles. The van der Waals surface area contributed by atoms with Gasteiger partial charge in [0.15, 0.2) is 0 Å². The highest BCUT2D eigenvalue weighted by Crippen LogP contribution is 2.52. The lowest BCUT2D eigenvalue weighted by molar-refractivity contribution is -0.313. The van der Waals surface area contributed by atoms with Crippen LogP contribution in [-0.2, 0) is 16.1 Å². The SMILES string of the molecule is C[C@@H]1CC2(CCCC2)N(C(=O)[C@@H]2[C@H](C(=O)[O-])[C@H]3C=C[C@@H]2C3)Cc2ccccc21. The second-order valence-electron chi connectivity index (χ2n) is 9.48. The number of carboxylic acid groups (broad SMARTS) is 1. The number of carbonyl (C=O) groups excluding carboxylic acids is 2. The first-order chi connectivity index (χ1) is 13.5. The summed E-state index contributed by atoms with van der Waals surface area (Å²) in [5, 5.41) is 11.9. The third-order valence-corrected chi connectivity index (χ3v) is 7.99. The number of benzene rings is 1. The third-order valence-electron chi connectivity index (χ3n) is 7.99. The first-order valence-corrected chi connectivity index (χ1v) is 10.8. The Bertz CT molecular complexity index is 838. The van der Waals surface area contributed by atoms with Gasteiger partial charge in [-0.25, -0.2) is 0 Å². The summed E-state index contributed by atoms with van der Waals surface area (Å²) in [5.74, 6) is -1.72. The number of allylic oxidation sites excluding steroid dienone is 2. The molecule has 1 spiro atoms. The van der Waals surface area contributed by atoms with Crippen molar-refractivity contribution in [1.82, 2.24) is 4.90 Å². The van der Waals surface area contributed by atoms with Crippen molar-refractivity contribution in [2.45, 2.75) is 63.5 Å². The van der Waals surface area contributed by atoms with Crippen molar-refractivity contribution in [2.75, 3.05) is 0 Å². The summed E-state index contributed by atoms with van der Waals surface area (Å²) in [6, 6.07) is 8.46. The molecular formula is C24H28NO3-. The number of amides is 1. The van der Waals surface area contributed by atoms with Gasteiger partial charge in [0.05, 0.1) is 5.92 Å². The average molecular weight is 378 g/mol. The molecule has 1 aromatic carbocycles. The number of hydrogen-bond acceptors (Lipinski definition) is 3. The van der Waals surface area contributed by atoms with Crippen LogP contribution in [0.4, 0.5) is 0 Å². The smallest absolute Gasteiger partial charge is 0.227 e. The zero-order valence-electron chi connectivity index (χ0n) is 16.5. The summed E-state index contributed by atoms with van der Waals surface area (Å²) in [5.41, 5.74) is 2.43. The van der Waals surface area contributed by atoms with Crippen LogP contribution in [0.1, 0.15) is 62.5 Å². The molecule has 4 heteroatoms. The van der Waals surface area contributed by atoms with E-state index in [1.54, 1.807) is 0 Å². The molecule has 0 radical (unpaired) electrons. The Labute approximate surface area is 166 Å². The van der Waals surface area contributed by atoms with E-state index in [-0.39, 0.29) is 23.3 Å². The van der Waals surface area contributed by atoms with Gasteiger partial charge in [0.1, 0.15) is 0 Å². The molecule has 0 aromatic heterocycles. The lowest BCUT2D eigenvalue weighted by atomic mass is 9.79. The third kappa shape index (κ3) is 2.57. The fraction of sp³-hybridized carbons (Fsp3) is 0.583. The first-order valence-electron chi connectivity index (χ1n) is 10.8. The molecule has 5 rings (SSSR count). The molecule has 0 unspecified atom stereocenters. The Kier molecular flexibility index (Phi) is 4.15. The predicted molar refractivity (Wildman–Crippen MR) is 104 cm³/mol. The Morgan fingerprint density at radius 1 is 1.07 bits per heavy atom. The van der Waals surface area contributed by atoms with E-state index in [0.29, 0.717) is 12.5 Å². The maximum Gasteiger partial charge on any atom is 0.227 e. The predicted octanol–water partition coefficient (Wildman–Crippen LogP) is 3.02. The summed E-state index contributed by atoms with van der Waals surface area (Å²) in [6.45, 7) is 2.88. The van der Waals surface area contributed by atoms with Crippen molar-refractivity contribution >= 4 is 11.9 Å². The fourth-order valence-corrected chi connectivity index (χ4v) is 6.77. The zero-order valence-corrected chi connectivity index (χ0v) is 16.5. The van der Waals surface area contributed by atoms with E-state index in [4.69, 9.17) is 0 Å². The molecule has 148 valence electrons. The van der Waals surface area contributed by atoms with Gasteiger partial charge in [0.25, 0.3) is 0 Å². The summed E-state index contributed by atoms with van der Waals surface area (Å²) in [6.07, 6.45) is 10.2. The minimum absolute atomic E-state index is 0.0401. The molecule has 2 bridgehead atoms. The standard InChI is InChI=1S/C24H29NO3/c1-15-13-24(10-4-5-11-24)25(14-18-6-2-3-7-19(15)18)22(26)20-16-8-9-17(12-16)21(20)23(27)28/h2-3,6-9,15-17,20-21H,4-5,10-14H2,1H3,(H,27,28)/p-1/t15-,16-,17+,20+,21-/m1/s1. The van der Waals surface area contributed by atoms with Crippen LogP contribution in [-0.4, -0.2) is 22.3 Å². The molecular weight excluding hydrogens is 350 g/mol. The molecule has 2 fully saturated rings. The molecule has 4 aliphatic rings. The van der Waals surface area contributed by atoms with Crippen LogP contribution >= 0.6 is 0 Å². The minimum Gasteiger partial charge on any atom is -0.550 e. The number of hydrogen-bond donors (Lipinski definition) is 0. The molecule has 1 amide bonds. The van der Waals surface area contributed by atoms with Crippen LogP contribution in [0.2, 0.25) is 0 Å². The maximum atomic E-state index is 13.9. The number of carboxylic acids is 1. The van der Waals surface area contributed by atoms with Crippen molar-refractivity contribution in [3.8, 4) is 0 Å². The van der Waals surface area contributed by atoms with E-state index in [2.05, 4.69) is 36.1 Å². The fourth-order valence-electron chi connectivity index (χ4n) is 6.77. The van der Waals surface area contributed by atoms with E-state index >= 15 is 0 Å². The minimum atomic E-state index is -1.06. The van der Waals surface area contributed by atoms with Gasteiger partial charge in [0.2, 0.25) is 5.91 Å². The first kappa shape index (κ1) is 18.0. The Morgan fingerprint density at radius 3 is 2.46 bits per heavy atom. The highest BCUT2D eigenvalue weighted by molar-refractivity contribution is 5.87. The second-order valence-corrected chi connectivity index (χ2v) is 9.48. The largest absolute Gasteiger partial charge is 0.550 e. The van der Waals surface area contributed by atoms with Crippen LogP contribution in [0, 0.1) is 23.7 Å². The molecule has 28 heavy (non-hydrogen) atoms. The van der Waals surface area contributed by atoms with Gasteiger partial charge in [-0.05, 0) is 54.6 Å². The number of nitrogens with zero attached hydrogens (tertiary/aromatic N) is 1. The number of aliphatic carboxylic acids is 1. The van der Waals surface area contributed by atoms with Crippen molar-refractivity contribution in [2.24, 2.45) is 23.7 Å². The summed E-state index contributed by atoms with van der Waals surface area (Å²) in [7, 11) is 0. The van der Waals surface area contributed by atoms with Crippen molar-refractivity contribution in [3.63, 3.8) is 0 Å². The van der Waals surface area contributed by atoms with Crippen LogP contribution in [0.3, 0.4) is 0 Å². The number of rotatable bonds is 2. The molecule has 1 aliphatic heterocycles. The number of fused-ring (bicyclic) bond motifs is 3. The van der Waals surface area contributed by atoms with Gasteiger partial charge in [0, 0.05) is 24.0 Å². The van der Waals surface area contributed by atoms with Gasteiger partial charge >= 0.3 is 0 Å². The van der Waals surface area contributed by atoms with E-state index in [1.807, 2.05) is 12.1 Å². The summed E-state index contributed by atoms with van der Waals surface area (Å²) in [4.78, 5) is 27.9. The van der Waals surface area contributed by atoms with Crippen molar-refractivity contribution in [1.29, 1.82) is 0 Å². The van der Waals surface area contributed by atoms with Crippen LogP contribution in [0.15, 0.2) is 36.4 Å². The highest BCUT2D eigenvalue weighted by Gasteiger charge is 2.53. The van der Waals surface area contributed by atoms with Crippen LogP contribution in [0.25, 0.3) is 0 Å². The van der Waals surface area contributed by atoms with Gasteiger partial charge < -0.3 is 14.8 Å². The monoisotopic (exact) mass is 378 g/mol. The van der Waals surface area contributed by atoms with Gasteiger partial charge in [-0.15, -0.1) is 0 Å². The van der Waals surface area contributed by atoms with Crippen LogP contribution < -0.4 is 5.11 Å². The number of carbonyl (C=O) groups is 2. The van der Waals surface area contributed by atoms with Crippen molar-refractivity contribution in [3.05, 3.63) is 47.5 Å². The average Bonchev–Trinajstić information content (AvgIpc) is 3.40. The van der Waals surface area contributed by atoms with Crippen LogP contribution in [0.5, 0.6) is 0 Å². The molecule has 2 saturated carbocycles. The Morgan fingerprint density at radius 2 is 1.75 bits per heavy atom. The quantitative estimate of drug-likeness (QED) is 0.743. The van der Waals surface area contributed by atoms with Gasteiger partial charge in [-0.2, -0.15) is 0 Å². The topological polar surface area (TPSA) is 60.4 Å². The normalized spacial score (nSPS) is 35.2. The lowest BCUT2D eigenvalue weighted by Gasteiger charge is -2.44. The van der Waals surface area contributed by atoms with Crippen molar-refractivity contribution < 1.29 is 14.7 Å². The van der Waals surface area contributed by atoms with Gasteiger partial charge in [-0.1, -0.05) is 56.2 Å². The molecule has 1 heterocycles. The second kappa shape index (κ2) is 6.47. The van der Waals surface area contributed by atoms with E-state index in [1.165, 1.54) is 11.1 Å². The summed E-state index contributed by atoms with van der Waals surface area (Å²) >= 11 is 0. The van der Waals surface area contributed by atoms with E-state index < -0.39 is 17.8 Å².